The first-order valence-electron chi connectivity index (χ1n) is 7.80. The van der Waals surface area contributed by atoms with Crippen molar-refractivity contribution in [3.8, 4) is 0 Å². The quantitative estimate of drug-likeness (QED) is 0.672. The van der Waals surface area contributed by atoms with Gasteiger partial charge < -0.3 is 8.85 Å². The summed E-state index contributed by atoms with van der Waals surface area (Å²) >= 11 is 0. The van der Waals surface area contributed by atoms with E-state index in [1.54, 1.807) is 0 Å². The van der Waals surface area contributed by atoms with Gasteiger partial charge in [-0.25, -0.2) is 0 Å². The molecule has 0 bridgehead atoms. The van der Waals surface area contributed by atoms with Crippen molar-refractivity contribution in [1.82, 2.24) is 0 Å². The molecule has 1 aliphatic rings. The maximum absolute atomic E-state index is 6.45. The Kier molecular flexibility index (Phi) is 3.49. The lowest BCUT2D eigenvalue weighted by atomic mass is 10.0. The van der Waals surface area contributed by atoms with Crippen LogP contribution in [0.15, 0.2) is 36.4 Å². The van der Waals surface area contributed by atoms with Gasteiger partial charge in [0.1, 0.15) is 0 Å². The molecule has 3 rings (SSSR count). The third-order valence-corrected chi connectivity index (χ3v) is 5.05. The van der Waals surface area contributed by atoms with E-state index < -0.39 is 16.6 Å². The Bertz CT molecular complexity index is 704. The molecule has 2 aromatic carbocycles. The lowest BCUT2D eigenvalue weighted by Gasteiger charge is -2.26. The van der Waals surface area contributed by atoms with Crippen LogP contribution in [0.2, 0.25) is 39.3 Å². The molecule has 1 aliphatic carbocycles. The van der Waals surface area contributed by atoms with Crippen molar-refractivity contribution in [3.63, 3.8) is 0 Å². The highest BCUT2D eigenvalue weighted by molar-refractivity contribution is 6.71. The van der Waals surface area contributed by atoms with E-state index in [1.807, 2.05) is 0 Å². The van der Waals surface area contributed by atoms with Gasteiger partial charge >= 0.3 is 0 Å². The average molecular weight is 329 g/mol. The standard InChI is InChI=1S/C18H24O2Si2/c1-21(2,3)19-17-14-11-7-9-13-10-8-12-15(16(13)14)18(17)20-22(4,5)6/h7-12H,1-6H3. The highest BCUT2D eigenvalue weighted by Crippen LogP contribution is 2.44. The third-order valence-electron chi connectivity index (χ3n) is 3.42. The van der Waals surface area contributed by atoms with Crippen molar-refractivity contribution in [3.05, 3.63) is 47.5 Å². The van der Waals surface area contributed by atoms with Gasteiger partial charge in [-0.15, -0.1) is 0 Å². The van der Waals surface area contributed by atoms with Crippen molar-refractivity contribution in [2.45, 2.75) is 39.3 Å². The minimum atomic E-state index is -1.72. The SMILES string of the molecule is C[Si](C)(C)OC1=C(O[Si](C)(C)C)c2cccc3cccc1c23. The maximum atomic E-state index is 6.45. The van der Waals surface area contributed by atoms with Gasteiger partial charge in [0, 0.05) is 16.5 Å². The van der Waals surface area contributed by atoms with Gasteiger partial charge in [0.2, 0.25) is 16.6 Å². The van der Waals surface area contributed by atoms with E-state index in [0.29, 0.717) is 0 Å². The molecule has 0 unspecified atom stereocenters. The monoisotopic (exact) mass is 328 g/mol. The van der Waals surface area contributed by atoms with Crippen LogP contribution in [0.1, 0.15) is 11.1 Å². The first kappa shape index (κ1) is 15.4. The predicted molar refractivity (Wildman–Crippen MR) is 99.6 cm³/mol. The van der Waals surface area contributed by atoms with Gasteiger partial charge in [-0.3, -0.25) is 0 Å². The zero-order chi connectivity index (χ0) is 16.1. The predicted octanol–water partition coefficient (Wildman–Crippen LogP) is 5.68. The van der Waals surface area contributed by atoms with Crippen molar-refractivity contribution in [1.29, 1.82) is 0 Å². The molecule has 0 radical (unpaired) electrons. The van der Waals surface area contributed by atoms with Gasteiger partial charge in [-0.1, -0.05) is 36.4 Å². The molecule has 22 heavy (non-hydrogen) atoms. The Hall–Kier alpha value is -1.53. The second-order valence-corrected chi connectivity index (χ2v) is 16.7. The Balaban J connectivity index is 2.24. The molecule has 0 aromatic heterocycles. The summed E-state index contributed by atoms with van der Waals surface area (Å²) in [7, 11) is -3.43. The zero-order valence-electron chi connectivity index (χ0n) is 14.3. The van der Waals surface area contributed by atoms with E-state index in [0.717, 1.165) is 11.5 Å². The molecule has 0 N–H and O–H groups in total. The Labute approximate surface area is 135 Å². The van der Waals surface area contributed by atoms with Gasteiger partial charge in [0.15, 0.2) is 11.5 Å². The van der Waals surface area contributed by atoms with Crippen molar-refractivity contribution >= 4 is 38.9 Å². The molecule has 0 spiro atoms. The van der Waals surface area contributed by atoms with Gasteiger partial charge in [-0.05, 0) is 44.7 Å². The Morgan fingerprint density at radius 1 is 0.636 bits per heavy atom. The molecule has 2 aromatic rings. The summed E-state index contributed by atoms with van der Waals surface area (Å²) in [4.78, 5) is 0. The summed E-state index contributed by atoms with van der Waals surface area (Å²) in [6, 6.07) is 12.8. The number of hydrogen-bond acceptors (Lipinski definition) is 2. The zero-order valence-corrected chi connectivity index (χ0v) is 16.3. The second-order valence-electron chi connectivity index (χ2n) is 7.80. The van der Waals surface area contributed by atoms with Crippen LogP contribution < -0.4 is 0 Å². The largest absolute Gasteiger partial charge is 0.541 e. The van der Waals surface area contributed by atoms with Crippen LogP contribution in [-0.4, -0.2) is 16.6 Å². The topological polar surface area (TPSA) is 18.5 Å². The molecule has 0 amide bonds. The summed E-state index contributed by atoms with van der Waals surface area (Å²) in [6.45, 7) is 13.3. The maximum Gasteiger partial charge on any atom is 0.242 e. The number of benzene rings is 2. The fourth-order valence-corrected chi connectivity index (χ4v) is 4.41. The summed E-state index contributed by atoms with van der Waals surface area (Å²) < 4.78 is 12.9. The fourth-order valence-electron chi connectivity index (χ4n) is 2.78. The minimum Gasteiger partial charge on any atom is -0.541 e. The molecule has 0 heterocycles. The van der Waals surface area contributed by atoms with Crippen molar-refractivity contribution < 1.29 is 8.85 Å². The summed E-state index contributed by atoms with van der Waals surface area (Å²) in [6.07, 6.45) is 0. The first-order valence-corrected chi connectivity index (χ1v) is 14.6. The van der Waals surface area contributed by atoms with Crippen LogP contribution in [0.5, 0.6) is 0 Å². The van der Waals surface area contributed by atoms with E-state index in [-0.39, 0.29) is 0 Å². The Morgan fingerprint density at radius 3 is 1.41 bits per heavy atom. The number of hydrogen-bond donors (Lipinski definition) is 0. The highest BCUT2D eigenvalue weighted by Gasteiger charge is 2.32. The van der Waals surface area contributed by atoms with Crippen molar-refractivity contribution in [2.75, 3.05) is 0 Å². The van der Waals surface area contributed by atoms with E-state index >= 15 is 0 Å². The van der Waals surface area contributed by atoms with Crippen LogP contribution >= 0.6 is 0 Å². The van der Waals surface area contributed by atoms with Crippen LogP contribution in [0.25, 0.3) is 22.3 Å². The highest BCUT2D eigenvalue weighted by atomic mass is 28.4. The average Bonchev–Trinajstić information content (AvgIpc) is 2.64. The first-order chi connectivity index (χ1) is 10.2. The van der Waals surface area contributed by atoms with Crippen LogP contribution in [0.3, 0.4) is 0 Å². The van der Waals surface area contributed by atoms with E-state index in [2.05, 4.69) is 75.7 Å². The molecule has 0 atom stereocenters. The second kappa shape index (κ2) is 5.00. The lowest BCUT2D eigenvalue weighted by molar-refractivity contribution is 0.470. The van der Waals surface area contributed by atoms with Gasteiger partial charge in [0.05, 0.1) is 0 Å². The Morgan fingerprint density at radius 2 is 1.05 bits per heavy atom. The summed E-state index contributed by atoms with van der Waals surface area (Å²) in [5.41, 5.74) is 2.37. The molecule has 0 fully saturated rings. The van der Waals surface area contributed by atoms with E-state index in [4.69, 9.17) is 8.85 Å². The molecule has 116 valence electrons. The molecule has 0 saturated heterocycles. The van der Waals surface area contributed by atoms with Gasteiger partial charge in [-0.2, -0.15) is 0 Å². The molecule has 2 nitrogen and oxygen atoms in total. The molecular weight excluding hydrogens is 304 g/mol. The van der Waals surface area contributed by atoms with E-state index in [9.17, 15) is 0 Å². The molecule has 4 heteroatoms. The third kappa shape index (κ3) is 2.85. The normalized spacial score (nSPS) is 14.6. The summed E-state index contributed by atoms with van der Waals surface area (Å²) in [5.74, 6) is 1.90. The molecule has 0 saturated carbocycles. The summed E-state index contributed by atoms with van der Waals surface area (Å²) in [5, 5.41) is 2.52. The minimum absolute atomic E-state index is 0.952. The van der Waals surface area contributed by atoms with Crippen LogP contribution in [0, 0.1) is 0 Å². The lowest BCUT2D eigenvalue weighted by Crippen LogP contribution is -2.27. The van der Waals surface area contributed by atoms with E-state index in [1.165, 1.54) is 21.9 Å². The van der Waals surface area contributed by atoms with Gasteiger partial charge in [0.25, 0.3) is 0 Å². The van der Waals surface area contributed by atoms with Crippen LogP contribution in [-0.2, 0) is 8.85 Å². The number of rotatable bonds is 4. The van der Waals surface area contributed by atoms with Crippen molar-refractivity contribution in [2.24, 2.45) is 0 Å². The fraction of sp³-hybridized carbons (Fsp3) is 0.333. The molecule has 0 aliphatic heterocycles. The smallest absolute Gasteiger partial charge is 0.242 e. The van der Waals surface area contributed by atoms with Crippen LogP contribution in [0.4, 0.5) is 0 Å². The molecular formula is C18H24O2Si2.